The number of aliphatic hydroxyl groups excluding tert-OH is 2. The first-order valence-corrected chi connectivity index (χ1v) is 22.0. The number of hydrogen-bond acceptors (Lipinski definition) is 7. The monoisotopic (exact) mass is 731 g/mol. The second-order valence-corrected chi connectivity index (χ2v) is 15.5. The lowest BCUT2D eigenvalue weighted by Gasteiger charge is -2.25. The Kier molecular flexibility index (Phi) is 35.5. The maximum Gasteiger partial charge on any atom is 0.472 e. The zero-order valence-electron chi connectivity index (χ0n) is 32.3. The standard InChI is InChI=1S/C40H79N2O7P/c1-3-5-7-9-11-13-15-16-17-18-19-20-22-23-25-27-29-31-37(43)35-40(45)42-38(36-49-50(46,47)48-34-33-41)39(44)32-30-28-26-24-21-14-12-10-8-6-4-2/h11,13,15-16,37-39,43-44H,3-10,12,14,17-36,41H2,1-2H3,(H,42,45)(H,46,47)/b13-11-,16-15-. The molecule has 4 atom stereocenters. The largest absolute Gasteiger partial charge is 0.472 e. The lowest BCUT2D eigenvalue weighted by Crippen LogP contribution is -2.47. The van der Waals surface area contributed by atoms with Crippen molar-refractivity contribution in [3.05, 3.63) is 24.3 Å². The number of amides is 1. The van der Waals surface area contributed by atoms with Gasteiger partial charge in [0.05, 0.1) is 37.9 Å². The van der Waals surface area contributed by atoms with E-state index in [0.29, 0.717) is 12.8 Å². The van der Waals surface area contributed by atoms with E-state index in [1.807, 2.05) is 0 Å². The van der Waals surface area contributed by atoms with Crippen LogP contribution in [0.4, 0.5) is 0 Å². The number of carbonyl (C=O) groups excluding carboxylic acids is 1. The Morgan fingerprint density at radius 1 is 0.680 bits per heavy atom. The Hall–Kier alpha value is -1.06. The fourth-order valence-corrected chi connectivity index (χ4v) is 6.75. The van der Waals surface area contributed by atoms with Gasteiger partial charge in [0.1, 0.15) is 0 Å². The molecule has 50 heavy (non-hydrogen) atoms. The zero-order valence-corrected chi connectivity index (χ0v) is 33.1. The SMILES string of the molecule is CCCCC/C=C\C=C/CCCCCCCCCCC(O)CC(=O)NC(COP(=O)(O)OCCN)C(O)CCCCCCCCCCCCC. The second-order valence-electron chi connectivity index (χ2n) is 14.1. The van der Waals surface area contributed by atoms with Crippen LogP contribution in [0.25, 0.3) is 0 Å². The van der Waals surface area contributed by atoms with Crippen molar-refractivity contribution in [1.82, 2.24) is 5.32 Å². The molecule has 0 heterocycles. The first-order chi connectivity index (χ1) is 24.3. The number of nitrogens with two attached hydrogens (primary N) is 1. The molecule has 0 fully saturated rings. The third kappa shape index (κ3) is 34.0. The van der Waals surface area contributed by atoms with Crippen LogP contribution in [0, 0.1) is 0 Å². The molecule has 0 spiro atoms. The Bertz CT molecular complexity index is 858. The maximum atomic E-state index is 12.8. The van der Waals surface area contributed by atoms with Crippen LogP contribution >= 0.6 is 7.82 Å². The molecule has 0 saturated heterocycles. The van der Waals surface area contributed by atoms with Gasteiger partial charge in [-0.1, -0.05) is 167 Å². The Morgan fingerprint density at radius 2 is 1.12 bits per heavy atom. The average molecular weight is 731 g/mol. The topological polar surface area (TPSA) is 151 Å². The van der Waals surface area contributed by atoms with E-state index in [1.54, 1.807) is 0 Å². The van der Waals surface area contributed by atoms with E-state index in [9.17, 15) is 24.5 Å². The molecule has 6 N–H and O–H groups in total. The molecule has 296 valence electrons. The van der Waals surface area contributed by atoms with Crippen LogP contribution in [0.15, 0.2) is 24.3 Å². The molecule has 10 heteroatoms. The number of hydrogen-bond donors (Lipinski definition) is 5. The Morgan fingerprint density at radius 3 is 1.64 bits per heavy atom. The van der Waals surface area contributed by atoms with Crippen molar-refractivity contribution in [3.63, 3.8) is 0 Å². The number of nitrogens with one attached hydrogen (secondary N) is 1. The summed E-state index contributed by atoms with van der Waals surface area (Å²) in [4.78, 5) is 22.7. The molecule has 0 saturated carbocycles. The van der Waals surface area contributed by atoms with E-state index in [0.717, 1.165) is 44.9 Å². The van der Waals surface area contributed by atoms with Gasteiger partial charge in [0, 0.05) is 6.54 Å². The highest BCUT2D eigenvalue weighted by Gasteiger charge is 2.28. The van der Waals surface area contributed by atoms with E-state index in [-0.39, 0.29) is 26.2 Å². The van der Waals surface area contributed by atoms with Gasteiger partial charge in [0.2, 0.25) is 5.91 Å². The summed E-state index contributed by atoms with van der Waals surface area (Å²) in [6.45, 7) is 3.99. The number of phosphoric ester groups is 1. The van der Waals surface area contributed by atoms with Crippen molar-refractivity contribution in [2.24, 2.45) is 5.73 Å². The van der Waals surface area contributed by atoms with E-state index in [4.69, 9.17) is 14.8 Å². The fourth-order valence-electron chi connectivity index (χ4n) is 5.99. The first-order valence-electron chi connectivity index (χ1n) is 20.5. The number of allylic oxidation sites excluding steroid dienone is 4. The fraction of sp³-hybridized carbons (Fsp3) is 0.875. The molecule has 0 aromatic carbocycles. The maximum absolute atomic E-state index is 12.8. The number of aliphatic hydroxyl groups is 2. The first kappa shape index (κ1) is 48.9. The van der Waals surface area contributed by atoms with Gasteiger partial charge >= 0.3 is 7.82 Å². The van der Waals surface area contributed by atoms with Gasteiger partial charge in [0.15, 0.2) is 0 Å². The van der Waals surface area contributed by atoms with Crippen LogP contribution in [-0.2, 0) is 18.4 Å². The third-order valence-electron chi connectivity index (χ3n) is 9.14. The number of unbranched alkanes of at least 4 members (excludes halogenated alkanes) is 21. The summed E-state index contributed by atoms with van der Waals surface area (Å²) in [5.41, 5.74) is 5.35. The van der Waals surface area contributed by atoms with Crippen LogP contribution < -0.4 is 11.1 Å². The molecule has 1 amide bonds. The smallest absolute Gasteiger partial charge is 0.393 e. The van der Waals surface area contributed by atoms with E-state index in [1.165, 1.54) is 109 Å². The van der Waals surface area contributed by atoms with Gasteiger partial charge in [-0.2, -0.15) is 0 Å². The molecule has 0 aromatic rings. The lowest BCUT2D eigenvalue weighted by molar-refractivity contribution is -0.125. The molecule has 9 nitrogen and oxygen atoms in total. The molecule has 0 aliphatic heterocycles. The van der Waals surface area contributed by atoms with Crippen molar-refractivity contribution in [2.45, 2.75) is 205 Å². The highest BCUT2D eigenvalue weighted by molar-refractivity contribution is 7.47. The van der Waals surface area contributed by atoms with Gasteiger partial charge < -0.3 is 26.2 Å². The Balaban J connectivity index is 4.27. The summed E-state index contributed by atoms with van der Waals surface area (Å²) in [5, 5.41) is 24.1. The highest BCUT2D eigenvalue weighted by Crippen LogP contribution is 2.43. The quantitative estimate of drug-likeness (QED) is 0.0239. The second kappa shape index (κ2) is 36.3. The van der Waals surface area contributed by atoms with Crippen molar-refractivity contribution < 1.29 is 33.5 Å². The Labute approximate surface area is 307 Å². The molecule has 0 bridgehead atoms. The molecular weight excluding hydrogens is 651 g/mol. The average Bonchev–Trinajstić information content (AvgIpc) is 3.09. The predicted molar refractivity (Wildman–Crippen MR) is 209 cm³/mol. The van der Waals surface area contributed by atoms with Gasteiger partial charge in [-0.25, -0.2) is 4.57 Å². The zero-order chi connectivity index (χ0) is 37.0. The van der Waals surface area contributed by atoms with Gasteiger partial charge in [-0.05, 0) is 38.5 Å². The van der Waals surface area contributed by atoms with E-state index in [2.05, 4.69) is 43.5 Å². The summed E-state index contributed by atoms with van der Waals surface area (Å²) < 4.78 is 22.1. The van der Waals surface area contributed by atoms with Gasteiger partial charge in [-0.3, -0.25) is 13.8 Å². The molecule has 0 aliphatic carbocycles. The molecule has 0 aromatic heterocycles. The van der Waals surface area contributed by atoms with E-state index < -0.39 is 32.0 Å². The lowest BCUT2D eigenvalue weighted by atomic mass is 10.0. The number of carbonyl (C=O) groups is 1. The molecule has 0 radical (unpaired) electrons. The minimum atomic E-state index is -4.37. The summed E-state index contributed by atoms with van der Waals surface area (Å²) in [7, 11) is -4.37. The van der Waals surface area contributed by atoms with Crippen molar-refractivity contribution in [2.75, 3.05) is 19.8 Å². The summed E-state index contributed by atoms with van der Waals surface area (Å²) in [6, 6.07) is -0.895. The minimum absolute atomic E-state index is 0.0587. The third-order valence-corrected chi connectivity index (χ3v) is 10.1. The van der Waals surface area contributed by atoms with Crippen molar-refractivity contribution >= 4 is 13.7 Å². The van der Waals surface area contributed by atoms with Crippen LogP contribution in [-0.4, -0.2) is 59.0 Å². The number of rotatable bonds is 38. The normalized spacial score (nSPS) is 15.1. The van der Waals surface area contributed by atoms with Crippen molar-refractivity contribution in [3.8, 4) is 0 Å². The van der Waals surface area contributed by atoms with Crippen LogP contribution in [0.5, 0.6) is 0 Å². The van der Waals surface area contributed by atoms with Crippen LogP contribution in [0.2, 0.25) is 0 Å². The molecular formula is C40H79N2O7P. The van der Waals surface area contributed by atoms with Gasteiger partial charge in [0.25, 0.3) is 0 Å². The molecule has 4 unspecified atom stereocenters. The predicted octanol–water partition coefficient (Wildman–Crippen LogP) is 9.97. The summed E-state index contributed by atoms with van der Waals surface area (Å²) >= 11 is 0. The number of phosphoric acid groups is 1. The van der Waals surface area contributed by atoms with Crippen molar-refractivity contribution in [1.29, 1.82) is 0 Å². The summed E-state index contributed by atoms with van der Waals surface area (Å²) in [6.07, 6.45) is 36.4. The molecule has 0 aliphatic rings. The van der Waals surface area contributed by atoms with Gasteiger partial charge in [-0.15, -0.1) is 0 Å². The molecule has 0 rings (SSSR count). The van der Waals surface area contributed by atoms with Crippen LogP contribution in [0.3, 0.4) is 0 Å². The minimum Gasteiger partial charge on any atom is -0.393 e. The summed E-state index contributed by atoms with van der Waals surface area (Å²) in [5.74, 6) is -0.419. The van der Waals surface area contributed by atoms with Crippen LogP contribution in [0.1, 0.15) is 187 Å². The van der Waals surface area contributed by atoms with E-state index >= 15 is 0 Å². The highest BCUT2D eigenvalue weighted by atomic mass is 31.2.